The highest BCUT2D eigenvalue weighted by Crippen LogP contribution is 2.40. The van der Waals surface area contributed by atoms with E-state index in [1.807, 2.05) is 16.7 Å². The number of halogens is 1. The number of hydrogen-bond acceptors (Lipinski definition) is 4. The summed E-state index contributed by atoms with van der Waals surface area (Å²) in [6, 6.07) is 11.3. The molecule has 2 heterocycles. The van der Waals surface area contributed by atoms with Crippen LogP contribution in [-0.4, -0.2) is 29.7 Å². The first-order valence-electron chi connectivity index (χ1n) is 6.99. The number of carbonyl (C=O) groups is 1. The van der Waals surface area contributed by atoms with Gasteiger partial charge in [0.15, 0.2) is 6.61 Å². The lowest BCUT2D eigenvalue weighted by molar-refractivity contribution is -0.133. The molecule has 1 saturated heterocycles. The molecule has 0 aliphatic carbocycles. The van der Waals surface area contributed by atoms with Gasteiger partial charge in [-0.05, 0) is 43.3 Å². The molecule has 1 aliphatic heterocycles. The Morgan fingerprint density at radius 2 is 2.09 bits per heavy atom. The number of carbonyl (C=O) groups excluding carboxylic acids is 1. The normalized spacial score (nSPS) is 17.7. The summed E-state index contributed by atoms with van der Waals surface area (Å²) >= 11 is 9.40. The molecule has 1 aromatic heterocycles. The maximum absolute atomic E-state index is 12.4. The fourth-order valence-corrected chi connectivity index (χ4v) is 4.82. The standard InChI is InChI=1S/C16H16ClNO2S2/c1-11-2-7-14(22-11)16-18(8-9-21-16)15(19)10-20-13-5-3-12(17)4-6-13/h2-7,16H,8-10H2,1H3. The molecular weight excluding hydrogens is 338 g/mol. The molecule has 0 bridgehead atoms. The highest BCUT2D eigenvalue weighted by atomic mass is 35.5. The number of hydrogen-bond donors (Lipinski definition) is 0. The van der Waals surface area contributed by atoms with Gasteiger partial charge in [-0.1, -0.05) is 11.6 Å². The Bertz CT molecular complexity index is 656. The molecule has 2 aromatic rings. The molecule has 3 rings (SSSR count). The molecule has 1 amide bonds. The molecule has 0 saturated carbocycles. The van der Waals surface area contributed by atoms with Crippen molar-refractivity contribution in [2.75, 3.05) is 18.9 Å². The second-order valence-electron chi connectivity index (χ2n) is 5.00. The van der Waals surface area contributed by atoms with E-state index in [9.17, 15) is 4.79 Å². The van der Waals surface area contributed by atoms with Gasteiger partial charge in [-0.15, -0.1) is 23.1 Å². The number of ether oxygens (including phenoxy) is 1. The van der Waals surface area contributed by atoms with E-state index in [1.54, 1.807) is 35.6 Å². The smallest absolute Gasteiger partial charge is 0.261 e. The fraction of sp³-hybridized carbons (Fsp3) is 0.312. The molecule has 3 nitrogen and oxygen atoms in total. The molecule has 22 heavy (non-hydrogen) atoms. The molecule has 0 N–H and O–H groups in total. The van der Waals surface area contributed by atoms with Crippen molar-refractivity contribution < 1.29 is 9.53 Å². The molecular formula is C16H16ClNO2S2. The minimum atomic E-state index is 0.0241. The Hall–Kier alpha value is -1.17. The van der Waals surface area contributed by atoms with Crippen molar-refractivity contribution in [1.82, 2.24) is 4.90 Å². The minimum absolute atomic E-state index is 0.0241. The number of thiophene rings is 1. The first-order chi connectivity index (χ1) is 10.6. The van der Waals surface area contributed by atoms with Gasteiger partial charge in [0.25, 0.3) is 5.91 Å². The first-order valence-corrected chi connectivity index (χ1v) is 9.23. The summed E-state index contributed by atoms with van der Waals surface area (Å²) < 4.78 is 5.57. The third-order valence-electron chi connectivity index (χ3n) is 3.39. The van der Waals surface area contributed by atoms with E-state index in [1.165, 1.54) is 9.75 Å². The van der Waals surface area contributed by atoms with E-state index in [4.69, 9.17) is 16.3 Å². The zero-order valence-electron chi connectivity index (χ0n) is 12.1. The zero-order valence-corrected chi connectivity index (χ0v) is 14.5. The van der Waals surface area contributed by atoms with Crippen molar-refractivity contribution in [2.24, 2.45) is 0 Å². The molecule has 0 radical (unpaired) electrons. The van der Waals surface area contributed by atoms with E-state index in [2.05, 4.69) is 19.1 Å². The fourth-order valence-electron chi connectivity index (χ4n) is 2.31. The monoisotopic (exact) mass is 353 g/mol. The summed E-state index contributed by atoms with van der Waals surface area (Å²) in [6.07, 6.45) is 0. The van der Waals surface area contributed by atoms with E-state index < -0.39 is 0 Å². The molecule has 116 valence electrons. The van der Waals surface area contributed by atoms with Gasteiger partial charge in [-0.2, -0.15) is 0 Å². The van der Waals surface area contributed by atoms with Gasteiger partial charge in [-0.25, -0.2) is 0 Å². The van der Waals surface area contributed by atoms with Crippen LogP contribution in [0.15, 0.2) is 36.4 Å². The third kappa shape index (κ3) is 3.59. The highest BCUT2D eigenvalue weighted by Gasteiger charge is 2.31. The maximum Gasteiger partial charge on any atom is 0.261 e. The SMILES string of the molecule is Cc1ccc(C2SCCN2C(=O)COc2ccc(Cl)cc2)s1. The van der Waals surface area contributed by atoms with Gasteiger partial charge < -0.3 is 9.64 Å². The molecule has 1 fully saturated rings. The van der Waals surface area contributed by atoms with Gasteiger partial charge in [0.1, 0.15) is 11.1 Å². The Kier molecular flexibility index (Phi) is 4.96. The predicted octanol–water partition coefficient (Wildman–Crippen LogP) is 4.36. The second-order valence-corrected chi connectivity index (χ2v) is 7.95. The lowest BCUT2D eigenvalue weighted by atomic mass is 10.3. The van der Waals surface area contributed by atoms with Crippen LogP contribution in [-0.2, 0) is 4.79 Å². The van der Waals surface area contributed by atoms with Crippen LogP contribution in [0.3, 0.4) is 0 Å². The third-order valence-corrected chi connectivity index (χ3v) is 6.09. The van der Waals surface area contributed by atoms with E-state index in [0.29, 0.717) is 10.8 Å². The maximum atomic E-state index is 12.4. The number of thioether (sulfide) groups is 1. The molecule has 1 atom stereocenters. The number of benzene rings is 1. The number of nitrogens with zero attached hydrogens (tertiary/aromatic N) is 1. The summed E-state index contributed by atoms with van der Waals surface area (Å²) in [6.45, 7) is 2.92. The van der Waals surface area contributed by atoms with Crippen molar-refractivity contribution in [2.45, 2.75) is 12.3 Å². The van der Waals surface area contributed by atoms with Crippen LogP contribution >= 0.6 is 34.7 Å². The highest BCUT2D eigenvalue weighted by molar-refractivity contribution is 7.99. The number of rotatable bonds is 4. The van der Waals surface area contributed by atoms with E-state index in [0.717, 1.165) is 12.3 Å². The summed E-state index contributed by atoms with van der Waals surface area (Å²) in [5.74, 6) is 1.65. The van der Waals surface area contributed by atoms with Crippen LogP contribution in [0.2, 0.25) is 5.02 Å². The Labute approximate surface area is 143 Å². The molecule has 6 heteroatoms. The van der Waals surface area contributed by atoms with Crippen molar-refractivity contribution in [1.29, 1.82) is 0 Å². The van der Waals surface area contributed by atoms with Crippen molar-refractivity contribution in [3.05, 3.63) is 51.2 Å². The number of amides is 1. The molecule has 1 unspecified atom stereocenters. The second kappa shape index (κ2) is 6.94. The largest absolute Gasteiger partial charge is 0.484 e. The van der Waals surface area contributed by atoms with Crippen LogP contribution in [0, 0.1) is 6.92 Å². The lowest BCUT2D eigenvalue weighted by Gasteiger charge is -2.23. The average Bonchev–Trinajstić information content (AvgIpc) is 3.14. The van der Waals surface area contributed by atoms with Crippen LogP contribution in [0.1, 0.15) is 15.1 Å². The van der Waals surface area contributed by atoms with Crippen LogP contribution in [0.4, 0.5) is 0 Å². The van der Waals surface area contributed by atoms with Gasteiger partial charge >= 0.3 is 0 Å². The number of aryl methyl sites for hydroxylation is 1. The summed E-state index contributed by atoms with van der Waals surface area (Å²) in [7, 11) is 0. The van der Waals surface area contributed by atoms with Crippen molar-refractivity contribution in [3.63, 3.8) is 0 Å². The lowest BCUT2D eigenvalue weighted by Crippen LogP contribution is -2.34. The van der Waals surface area contributed by atoms with Crippen molar-refractivity contribution >= 4 is 40.6 Å². The summed E-state index contributed by atoms with van der Waals surface area (Å²) in [5.41, 5.74) is 0. The van der Waals surface area contributed by atoms with E-state index in [-0.39, 0.29) is 17.9 Å². The molecule has 0 spiro atoms. The molecule has 1 aromatic carbocycles. The minimum Gasteiger partial charge on any atom is -0.484 e. The Morgan fingerprint density at radius 1 is 1.32 bits per heavy atom. The zero-order chi connectivity index (χ0) is 15.5. The Morgan fingerprint density at radius 3 is 2.77 bits per heavy atom. The van der Waals surface area contributed by atoms with Crippen molar-refractivity contribution in [3.8, 4) is 5.75 Å². The van der Waals surface area contributed by atoms with Gasteiger partial charge in [0.2, 0.25) is 0 Å². The summed E-state index contributed by atoms with van der Waals surface area (Å²) in [5, 5.41) is 0.780. The van der Waals surface area contributed by atoms with E-state index >= 15 is 0 Å². The summed E-state index contributed by atoms with van der Waals surface area (Å²) in [4.78, 5) is 16.9. The first kappa shape index (κ1) is 15.7. The topological polar surface area (TPSA) is 29.5 Å². The van der Waals surface area contributed by atoms with Gasteiger partial charge in [0.05, 0.1) is 0 Å². The van der Waals surface area contributed by atoms with Gasteiger partial charge in [0, 0.05) is 27.1 Å². The Balaban J connectivity index is 1.62. The van der Waals surface area contributed by atoms with Crippen LogP contribution in [0.5, 0.6) is 5.75 Å². The average molecular weight is 354 g/mol. The molecule has 1 aliphatic rings. The predicted molar refractivity (Wildman–Crippen MR) is 92.9 cm³/mol. The van der Waals surface area contributed by atoms with Crippen LogP contribution in [0.25, 0.3) is 0 Å². The van der Waals surface area contributed by atoms with Crippen LogP contribution < -0.4 is 4.74 Å². The van der Waals surface area contributed by atoms with Gasteiger partial charge in [-0.3, -0.25) is 4.79 Å². The quantitative estimate of drug-likeness (QED) is 0.817.